The second kappa shape index (κ2) is 4.33. The molecule has 1 amide bonds. The molecule has 3 heteroatoms. The van der Waals surface area contributed by atoms with Crippen LogP contribution in [0.2, 0.25) is 0 Å². The third kappa shape index (κ3) is 3.33. The normalized spacial score (nSPS) is 27.6. The fourth-order valence-electron chi connectivity index (χ4n) is 1.68. The molecule has 0 aromatic carbocycles. The summed E-state index contributed by atoms with van der Waals surface area (Å²) in [7, 11) is 0. The van der Waals surface area contributed by atoms with Gasteiger partial charge in [-0.15, -0.1) is 0 Å². The second-order valence-corrected chi connectivity index (χ2v) is 5.57. The number of hydrogen-bond acceptors (Lipinski definition) is 2. The number of carbonyl (C=O) groups excluding carboxylic acids is 2. The van der Waals surface area contributed by atoms with Gasteiger partial charge in [0.25, 0.3) is 0 Å². The number of carbonyl (C=O) groups is 2. The lowest BCUT2D eigenvalue weighted by molar-refractivity contribution is -0.130. The van der Waals surface area contributed by atoms with Crippen LogP contribution in [0.15, 0.2) is 0 Å². The lowest BCUT2D eigenvalue weighted by Gasteiger charge is -2.28. The van der Waals surface area contributed by atoms with Gasteiger partial charge in [0.2, 0.25) is 5.91 Å². The van der Waals surface area contributed by atoms with Crippen molar-refractivity contribution in [2.75, 3.05) is 0 Å². The Labute approximate surface area is 91.6 Å². The van der Waals surface area contributed by atoms with Crippen molar-refractivity contribution in [2.24, 2.45) is 11.3 Å². The Hall–Kier alpha value is -0.860. The molecular weight excluding hydrogens is 190 g/mol. The van der Waals surface area contributed by atoms with E-state index in [1.54, 1.807) is 0 Å². The molecular formula is C12H21NO2. The molecule has 1 N–H and O–H groups in total. The third-order valence-corrected chi connectivity index (χ3v) is 2.96. The maximum Gasteiger partial charge on any atom is 0.225 e. The van der Waals surface area contributed by atoms with E-state index in [0.29, 0.717) is 6.42 Å². The largest absolute Gasteiger partial charge is 0.352 e. The van der Waals surface area contributed by atoms with Crippen molar-refractivity contribution in [1.29, 1.82) is 0 Å². The van der Waals surface area contributed by atoms with Gasteiger partial charge < -0.3 is 5.32 Å². The van der Waals surface area contributed by atoms with E-state index in [2.05, 4.69) is 5.32 Å². The molecule has 1 saturated carbocycles. The van der Waals surface area contributed by atoms with Crippen molar-refractivity contribution in [2.45, 2.75) is 53.0 Å². The Bertz CT molecular complexity index is 265. The molecule has 0 aliphatic heterocycles. The molecule has 0 saturated heterocycles. The van der Waals surface area contributed by atoms with Crippen LogP contribution in [-0.2, 0) is 9.59 Å². The van der Waals surface area contributed by atoms with E-state index in [9.17, 15) is 9.59 Å². The molecule has 0 aromatic heterocycles. The Morgan fingerprint density at radius 1 is 1.33 bits per heavy atom. The van der Waals surface area contributed by atoms with Gasteiger partial charge in [0, 0.05) is 23.8 Å². The number of amides is 1. The minimum Gasteiger partial charge on any atom is -0.352 e. The van der Waals surface area contributed by atoms with Crippen molar-refractivity contribution < 1.29 is 9.59 Å². The van der Waals surface area contributed by atoms with E-state index in [0.717, 1.165) is 12.8 Å². The Morgan fingerprint density at radius 2 is 1.93 bits per heavy atom. The molecule has 1 fully saturated rings. The van der Waals surface area contributed by atoms with Gasteiger partial charge in [0.15, 0.2) is 0 Å². The van der Waals surface area contributed by atoms with Crippen LogP contribution in [0, 0.1) is 11.3 Å². The molecule has 86 valence electrons. The molecule has 0 aromatic rings. The summed E-state index contributed by atoms with van der Waals surface area (Å²) < 4.78 is 0. The standard InChI is InChI=1S/C12H21NO2/c1-8-5-6-9(7-10(8)14)13-11(15)12(2,3)4/h8-9H,5-7H2,1-4H3,(H,13,15)/t8-,9-/m1/s1. The molecule has 0 spiro atoms. The first-order chi connectivity index (χ1) is 6.80. The van der Waals surface area contributed by atoms with Crippen LogP contribution in [0.1, 0.15) is 47.0 Å². The Kier molecular flexibility index (Phi) is 3.53. The average Bonchev–Trinajstić information content (AvgIpc) is 2.10. The first kappa shape index (κ1) is 12.2. The van der Waals surface area contributed by atoms with E-state index in [1.165, 1.54) is 0 Å². The van der Waals surface area contributed by atoms with E-state index in [-0.39, 0.29) is 29.1 Å². The van der Waals surface area contributed by atoms with Crippen LogP contribution in [0.4, 0.5) is 0 Å². The summed E-state index contributed by atoms with van der Waals surface area (Å²) >= 11 is 0. The quantitative estimate of drug-likeness (QED) is 0.720. The number of nitrogens with one attached hydrogen (secondary N) is 1. The molecule has 1 aliphatic carbocycles. The highest BCUT2D eigenvalue weighted by Crippen LogP contribution is 2.22. The van der Waals surface area contributed by atoms with Gasteiger partial charge in [-0.2, -0.15) is 0 Å². The van der Waals surface area contributed by atoms with Crippen LogP contribution in [0.25, 0.3) is 0 Å². The fraction of sp³-hybridized carbons (Fsp3) is 0.833. The van der Waals surface area contributed by atoms with E-state index < -0.39 is 0 Å². The molecule has 0 bridgehead atoms. The zero-order valence-corrected chi connectivity index (χ0v) is 10.1. The third-order valence-electron chi connectivity index (χ3n) is 2.96. The summed E-state index contributed by atoms with van der Waals surface area (Å²) in [5.74, 6) is 0.489. The van der Waals surface area contributed by atoms with Crippen LogP contribution >= 0.6 is 0 Å². The molecule has 0 radical (unpaired) electrons. The minimum atomic E-state index is -0.369. The van der Waals surface area contributed by atoms with Gasteiger partial charge >= 0.3 is 0 Å². The van der Waals surface area contributed by atoms with Gasteiger partial charge in [-0.25, -0.2) is 0 Å². The van der Waals surface area contributed by atoms with Crippen molar-refractivity contribution in [3.05, 3.63) is 0 Å². The number of hydrogen-bond donors (Lipinski definition) is 1. The van der Waals surface area contributed by atoms with Crippen molar-refractivity contribution in [3.8, 4) is 0 Å². The SMILES string of the molecule is C[C@@H]1CC[C@@H](NC(=O)C(C)(C)C)CC1=O. The Balaban J connectivity index is 2.47. The average molecular weight is 211 g/mol. The number of ketones is 1. The van der Waals surface area contributed by atoms with Gasteiger partial charge in [-0.3, -0.25) is 9.59 Å². The van der Waals surface area contributed by atoms with Crippen LogP contribution < -0.4 is 5.32 Å². The van der Waals surface area contributed by atoms with Crippen LogP contribution in [0.5, 0.6) is 0 Å². The summed E-state index contributed by atoms with van der Waals surface area (Å²) in [5.41, 5.74) is -0.369. The lowest BCUT2D eigenvalue weighted by atomic mass is 9.85. The highest BCUT2D eigenvalue weighted by Gasteiger charge is 2.29. The summed E-state index contributed by atoms with van der Waals surface area (Å²) in [6.45, 7) is 7.62. The van der Waals surface area contributed by atoms with Crippen molar-refractivity contribution >= 4 is 11.7 Å². The minimum absolute atomic E-state index is 0.0369. The molecule has 3 nitrogen and oxygen atoms in total. The van der Waals surface area contributed by atoms with E-state index in [1.807, 2.05) is 27.7 Å². The zero-order chi connectivity index (χ0) is 11.6. The van der Waals surface area contributed by atoms with Crippen LogP contribution in [0.3, 0.4) is 0 Å². The molecule has 15 heavy (non-hydrogen) atoms. The van der Waals surface area contributed by atoms with Gasteiger partial charge in [0.1, 0.15) is 5.78 Å². The number of Topliss-reactive ketones (excluding diaryl/α,β-unsaturated/α-hetero) is 1. The first-order valence-corrected chi connectivity index (χ1v) is 5.64. The summed E-state index contributed by atoms with van der Waals surface area (Å²) in [4.78, 5) is 23.2. The molecule has 0 heterocycles. The van der Waals surface area contributed by atoms with Crippen molar-refractivity contribution in [3.63, 3.8) is 0 Å². The summed E-state index contributed by atoms with van der Waals surface area (Å²) in [5, 5.41) is 2.95. The topological polar surface area (TPSA) is 46.2 Å². The lowest BCUT2D eigenvalue weighted by Crippen LogP contribution is -2.45. The summed E-state index contributed by atoms with van der Waals surface area (Å²) in [6.07, 6.45) is 2.33. The van der Waals surface area contributed by atoms with Gasteiger partial charge in [0.05, 0.1) is 0 Å². The Morgan fingerprint density at radius 3 is 2.40 bits per heavy atom. The highest BCUT2D eigenvalue weighted by atomic mass is 16.2. The molecule has 1 aliphatic rings. The van der Waals surface area contributed by atoms with Gasteiger partial charge in [-0.05, 0) is 12.8 Å². The first-order valence-electron chi connectivity index (χ1n) is 5.64. The zero-order valence-electron chi connectivity index (χ0n) is 10.1. The van der Waals surface area contributed by atoms with E-state index >= 15 is 0 Å². The maximum atomic E-state index is 11.7. The van der Waals surface area contributed by atoms with E-state index in [4.69, 9.17) is 0 Å². The molecule has 2 atom stereocenters. The van der Waals surface area contributed by atoms with Crippen LogP contribution in [-0.4, -0.2) is 17.7 Å². The fourth-order valence-corrected chi connectivity index (χ4v) is 1.68. The predicted molar refractivity (Wildman–Crippen MR) is 59.4 cm³/mol. The molecule has 0 unspecified atom stereocenters. The van der Waals surface area contributed by atoms with Crippen molar-refractivity contribution in [1.82, 2.24) is 5.32 Å². The number of rotatable bonds is 1. The van der Waals surface area contributed by atoms with Gasteiger partial charge in [-0.1, -0.05) is 27.7 Å². The monoisotopic (exact) mass is 211 g/mol. The second-order valence-electron chi connectivity index (χ2n) is 5.57. The molecule has 1 rings (SSSR count). The highest BCUT2D eigenvalue weighted by molar-refractivity contribution is 5.85. The maximum absolute atomic E-state index is 11.7. The predicted octanol–water partition coefficient (Wildman–Crippen LogP) is 1.91. The smallest absolute Gasteiger partial charge is 0.225 e. The summed E-state index contributed by atoms with van der Waals surface area (Å²) in [6, 6.07) is 0.0559.